The highest BCUT2D eigenvalue weighted by atomic mass is 16.1. The molecule has 0 radical (unpaired) electrons. The van der Waals surface area contributed by atoms with Crippen LogP contribution in [0.5, 0.6) is 0 Å². The van der Waals surface area contributed by atoms with E-state index >= 15 is 0 Å². The van der Waals surface area contributed by atoms with Gasteiger partial charge in [0.15, 0.2) is 0 Å². The molecule has 0 unspecified atom stereocenters. The molecule has 0 saturated heterocycles. The van der Waals surface area contributed by atoms with Crippen LogP contribution in [0.2, 0.25) is 0 Å². The van der Waals surface area contributed by atoms with Gasteiger partial charge in [-0.3, -0.25) is 4.79 Å². The minimum Gasteiger partial charge on any atom is -0.299 e. The third kappa shape index (κ3) is 1.82. The van der Waals surface area contributed by atoms with E-state index in [2.05, 4.69) is 6.07 Å². The molecule has 0 amide bonds. The zero-order valence-electron chi connectivity index (χ0n) is 8.31. The van der Waals surface area contributed by atoms with E-state index in [1.165, 1.54) is 6.08 Å². The second-order valence-corrected chi connectivity index (χ2v) is 3.81. The topological polar surface area (TPSA) is 40.9 Å². The molecule has 1 aliphatic carbocycles. The Morgan fingerprint density at radius 3 is 2.80 bits per heavy atom. The van der Waals surface area contributed by atoms with Crippen LogP contribution in [0.1, 0.15) is 24.0 Å². The van der Waals surface area contributed by atoms with Crippen LogP contribution in [0, 0.1) is 11.3 Å². The highest BCUT2D eigenvalue weighted by Gasteiger charge is 2.44. The molecule has 0 N–H and O–H groups in total. The predicted molar refractivity (Wildman–Crippen MR) is 58.1 cm³/mol. The van der Waals surface area contributed by atoms with Crippen LogP contribution in [0.4, 0.5) is 0 Å². The molecule has 0 heterocycles. The molecular formula is C13H11NO. The number of allylic oxidation sites excluding steroid dienone is 1. The number of rotatable bonds is 3. The average molecular weight is 197 g/mol. The number of nitrogens with zero attached hydrogens (tertiary/aromatic N) is 1. The van der Waals surface area contributed by atoms with Crippen LogP contribution in [0.25, 0.3) is 6.08 Å². The third-order valence-corrected chi connectivity index (χ3v) is 2.77. The van der Waals surface area contributed by atoms with E-state index in [9.17, 15) is 4.79 Å². The molecule has 1 fully saturated rings. The zero-order chi connectivity index (χ0) is 10.7. The van der Waals surface area contributed by atoms with Crippen molar-refractivity contribution in [2.45, 2.75) is 18.3 Å². The van der Waals surface area contributed by atoms with Gasteiger partial charge < -0.3 is 0 Å². The van der Waals surface area contributed by atoms with Crippen molar-refractivity contribution in [3.63, 3.8) is 0 Å². The van der Waals surface area contributed by atoms with Crippen LogP contribution >= 0.6 is 0 Å². The first-order chi connectivity index (χ1) is 7.30. The SMILES string of the molecule is N#CC1(c2cccc(C=CC=O)c2)CC1. The first kappa shape index (κ1) is 9.67. The summed E-state index contributed by atoms with van der Waals surface area (Å²) in [6.45, 7) is 0. The van der Waals surface area contributed by atoms with Crippen molar-refractivity contribution in [2.75, 3.05) is 0 Å². The first-order valence-electron chi connectivity index (χ1n) is 4.94. The smallest absolute Gasteiger partial charge is 0.142 e. The molecule has 0 aliphatic heterocycles. The second-order valence-electron chi connectivity index (χ2n) is 3.81. The highest BCUT2D eigenvalue weighted by molar-refractivity contribution is 5.74. The van der Waals surface area contributed by atoms with Gasteiger partial charge in [0.25, 0.3) is 0 Å². The van der Waals surface area contributed by atoms with Crippen molar-refractivity contribution in [3.8, 4) is 6.07 Å². The van der Waals surface area contributed by atoms with E-state index in [0.29, 0.717) is 0 Å². The standard InChI is InChI=1S/C13H11NO/c14-10-13(6-7-13)12-5-1-3-11(9-12)4-2-8-15/h1-5,8-9H,6-7H2. The summed E-state index contributed by atoms with van der Waals surface area (Å²) >= 11 is 0. The molecule has 0 atom stereocenters. The van der Waals surface area contributed by atoms with Gasteiger partial charge in [0.05, 0.1) is 11.5 Å². The molecule has 1 aromatic carbocycles. The lowest BCUT2D eigenvalue weighted by molar-refractivity contribution is -0.104. The van der Waals surface area contributed by atoms with Gasteiger partial charge in [-0.25, -0.2) is 0 Å². The van der Waals surface area contributed by atoms with Crippen molar-refractivity contribution < 1.29 is 4.79 Å². The molecule has 15 heavy (non-hydrogen) atoms. The molecule has 0 bridgehead atoms. The molecule has 1 aliphatic rings. The van der Waals surface area contributed by atoms with Crippen molar-refractivity contribution in [3.05, 3.63) is 41.5 Å². The third-order valence-electron chi connectivity index (χ3n) is 2.77. The van der Waals surface area contributed by atoms with Crippen molar-refractivity contribution >= 4 is 12.4 Å². The maximum Gasteiger partial charge on any atom is 0.142 e. The van der Waals surface area contributed by atoms with E-state index in [0.717, 1.165) is 30.3 Å². The Hall–Kier alpha value is -1.88. The largest absolute Gasteiger partial charge is 0.299 e. The van der Waals surface area contributed by atoms with Gasteiger partial charge in [-0.15, -0.1) is 0 Å². The predicted octanol–water partition coefficient (Wildman–Crippen LogP) is 2.45. The number of hydrogen-bond donors (Lipinski definition) is 0. The Morgan fingerprint density at radius 2 is 2.20 bits per heavy atom. The number of benzene rings is 1. The minimum atomic E-state index is -0.245. The lowest BCUT2D eigenvalue weighted by atomic mass is 9.96. The maximum absolute atomic E-state index is 10.2. The molecule has 1 saturated carbocycles. The second kappa shape index (κ2) is 3.70. The summed E-state index contributed by atoms with van der Waals surface area (Å²) in [7, 11) is 0. The van der Waals surface area contributed by atoms with Gasteiger partial charge in [0.2, 0.25) is 0 Å². The minimum absolute atomic E-state index is 0.245. The quantitative estimate of drug-likeness (QED) is 0.551. The first-order valence-corrected chi connectivity index (χ1v) is 4.94. The normalized spacial score (nSPS) is 17.3. The van der Waals surface area contributed by atoms with Gasteiger partial charge in [0, 0.05) is 0 Å². The molecule has 2 nitrogen and oxygen atoms in total. The summed E-state index contributed by atoms with van der Waals surface area (Å²) < 4.78 is 0. The summed E-state index contributed by atoms with van der Waals surface area (Å²) in [6.07, 6.45) is 5.87. The van der Waals surface area contributed by atoms with E-state index in [1.807, 2.05) is 24.3 Å². The molecule has 74 valence electrons. The van der Waals surface area contributed by atoms with E-state index in [1.54, 1.807) is 6.08 Å². The Balaban J connectivity index is 2.32. The number of carbonyl (C=O) groups is 1. The van der Waals surface area contributed by atoms with E-state index < -0.39 is 0 Å². The number of aldehydes is 1. The molecular weight excluding hydrogens is 186 g/mol. The molecule has 1 aromatic rings. The van der Waals surface area contributed by atoms with E-state index in [-0.39, 0.29) is 5.41 Å². The number of hydrogen-bond acceptors (Lipinski definition) is 2. The molecule has 2 heteroatoms. The average Bonchev–Trinajstić information content (AvgIpc) is 3.08. The maximum atomic E-state index is 10.2. The summed E-state index contributed by atoms with van der Waals surface area (Å²) in [5.74, 6) is 0. The van der Waals surface area contributed by atoms with Crippen LogP contribution < -0.4 is 0 Å². The van der Waals surface area contributed by atoms with Crippen molar-refractivity contribution in [1.82, 2.24) is 0 Å². The van der Waals surface area contributed by atoms with Crippen LogP contribution in [0.15, 0.2) is 30.3 Å². The number of carbonyl (C=O) groups excluding carboxylic acids is 1. The molecule has 2 rings (SSSR count). The monoisotopic (exact) mass is 197 g/mol. The lowest BCUT2D eigenvalue weighted by Crippen LogP contribution is -2.01. The Morgan fingerprint density at radius 1 is 1.40 bits per heavy atom. The number of nitriles is 1. The molecule has 0 aromatic heterocycles. The van der Waals surface area contributed by atoms with Gasteiger partial charge in [-0.1, -0.05) is 30.3 Å². The summed E-state index contributed by atoms with van der Waals surface area (Å²) in [6, 6.07) is 10.2. The Kier molecular flexibility index (Phi) is 2.39. The van der Waals surface area contributed by atoms with Crippen LogP contribution in [-0.4, -0.2) is 6.29 Å². The van der Waals surface area contributed by atoms with Crippen LogP contribution in [0.3, 0.4) is 0 Å². The zero-order valence-corrected chi connectivity index (χ0v) is 8.31. The van der Waals surface area contributed by atoms with Crippen LogP contribution in [-0.2, 0) is 10.2 Å². The molecule has 0 spiro atoms. The van der Waals surface area contributed by atoms with Gasteiger partial charge in [-0.05, 0) is 30.0 Å². The summed E-state index contributed by atoms with van der Waals surface area (Å²) in [5.41, 5.74) is 1.80. The highest BCUT2D eigenvalue weighted by Crippen LogP contribution is 2.47. The van der Waals surface area contributed by atoms with Gasteiger partial charge in [-0.2, -0.15) is 5.26 Å². The summed E-state index contributed by atoms with van der Waals surface area (Å²) in [5, 5.41) is 9.05. The lowest BCUT2D eigenvalue weighted by Gasteiger charge is -2.06. The van der Waals surface area contributed by atoms with Crippen molar-refractivity contribution in [2.24, 2.45) is 0 Å². The Labute approximate surface area is 88.8 Å². The van der Waals surface area contributed by atoms with Gasteiger partial charge >= 0.3 is 0 Å². The summed E-state index contributed by atoms with van der Waals surface area (Å²) in [4.78, 5) is 10.2. The fourth-order valence-corrected chi connectivity index (χ4v) is 1.68. The van der Waals surface area contributed by atoms with Crippen molar-refractivity contribution in [1.29, 1.82) is 5.26 Å². The van der Waals surface area contributed by atoms with E-state index in [4.69, 9.17) is 5.26 Å². The fraction of sp³-hybridized carbons (Fsp3) is 0.231. The Bertz CT molecular complexity index is 450. The fourth-order valence-electron chi connectivity index (χ4n) is 1.68. The van der Waals surface area contributed by atoms with Gasteiger partial charge in [0.1, 0.15) is 6.29 Å².